The zero-order chi connectivity index (χ0) is 18.4. The van der Waals surface area contributed by atoms with Gasteiger partial charge in [0, 0.05) is 39.1 Å². The minimum atomic E-state index is -0.514. The molecule has 1 heterocycles. The number of aryl methyl sites for hydroxylation is 1. The maximum absolute atomic E-state index is 13.6. The molecule has 1 amide bonds. The normalized spacial score (nSPS) is 16.5. The van der Waals surface area contributed by atoms with Gasteiger partial charge in [0.15, 0.2) is 0 Å². The fourth-order valence-electron chi connectivity index (χ4n) is 3.31. The Kier molecular flexibility index (Phi) is 6.36. The van der Waals surface area contributed by atoms with E-state index in [-0.39, 0.29) is 11.7 Å². The summed E-state index contributed by atoms with van der Waals surface area (Å²) in [6, 6.07) is 16.2. The second-order valence-corrected chi connectivity index (χ2v) is 6.70. The lowest BCUT2D eigenvalue weighted by molar-refractivity contribution is -0.133. The Morgan fingerprint density at radius 2 is 1.65 bits per heavy atom. The number of hydrogen-bond acceptors (Lipinski definition) is 3. The quantitative estimate of drug-likeness (QED) is 0.865. The molecule has 26 heavy (non-hydrogen) atoms. The maximum Gasteiger partial charge on any atom is 0.222 e. The van der Waals surface area contributed by atoms with E-state index < -0.39 is 6.10 Å². The minimum Gasteiger partial charge on any atom is -0.387 e. The molecule has 1 aliphatic heterocycles. The van der Waals surface area contributed by atoms with E-state index in [0.717, 1.165) is 18.7 Å². The number of piperazine rings is 1. The van der Waals surface area contributed by atoms with Gasteiger partial charge in [0.1, 0.15) is 5.82 Å². The van der Waals surface area contributed by atoms with Gasteiger partial charge < -0.3 is 10.0 Å². The Hall–Kier alpha value is -2.24. The largest absolute Gasteiger partial charge is 0.387 e. The molecule has 0 aromatic heterocycles. The average Bonchev–Trinajstić information content (AvgIpc) is 2.68. The zero-order valence-electron chi connectivity index (χ0n) is 14.9. The van der Waals surface area contributed by atoms with E-state index in [9.17, 15) is 14.3 Å². The van der Waals surface area contributed by atoms with Gasteiger partial charge in [-0.25, -0.2) is 4.39 Å². The number of carbonyl (C=O) groups is 1. The van der Waals surface area contributed by atoms with Gasteiger partial charge in [-0.2, -0.15) is 0 Å². The Labute approximate surface area is 153 Å². The highest BCUT2D eigenvalue weighted by Crippen LogP contribution is 2.16. The first-order valence-electron chi connectivity index (χ1n) is 9.10. The van der Waals surface area contributed by atoms with Crippen molar-refractivity contribution in [1.82, 2.24) is 9.80 Å². The summed E-state index contributed by atoms with van der Waals surface area (Å²) in [6.45, 7) is 3.36. The lowest BCUT2D eigenvalue weighted by Crippen LogP contribution is -2.49. The number of rotatable bonds is 6. The lowest BCUT2D eigenvalue weighted by atomic mass is 10.1. The third kappa shape index (κ3) is 4.90. The van der Waals surface area contributed by atoms with Gasteiger partial charge in [0.25, 0.3) is 0 Å². The van der Waals surface area contributed by atoms with Gasteiger partial charge in [-0.05, 0) is 23.6 Å². The lowest BCUT2D eigenvalue weighted by Gasteiger charge is -2.35. The van der Waals surface area contributed by atoms with Crippen LogP contribution in [0.15, 0.2) is 54.6 Å². The molecule has 1 fully saturated rings. The highest BCUT2D eigenvalue weighted by molar-refractivity contribution is 5.76. The van der Waals surface area contributed by atoms with Crippen molar-refractivity contribution in [2.75, 3.05) is 32.7 Å². The minimum absolute atomic E-state index is 0.0662. The van der Waals surface area contributed by atoms with Gasteiger partial charge in [-0.1, -0.05) is 48.5 Å². The highest BCUT2D eigenvalue weighted by atomic mass is 19.1. The third-order valence-electron chi connectivity index (χ3n) is 4.91. The van der Waals surface area contributed by atoms with Gasteiger partial charge in [0.05, 0.1) is 6.10 Å². The van der Waals surface area contributed by atoms with E-state index in [1.165, 1.54) is 6.07 Å². The fraction of sp³-hybridized carbons (Fsp3) is 0.381. The smallest absolute Gasteiger partial charge is 0.222 e. The topological polar surface area (TPSA) is 43.8 Å². The molecule has 1 atom stereocenters. The first kappa shape index (κ1) is 18.5. The van der Waals surface area contributed by atoms with Crippen molar-refractivity contribution in [3.05, 3.63) is 71.5 Å². The Bertz CT molecular complexity index is 715. The summed E-state index contributed by atoms with van der Waals surface area (Å²) in [6.07, 6.45) is 0.242. The van der Waals surface area contributed by atoms with Crippen molar-refractivity contribution >= 4 is 5.91 Å². The number of amides is 1. The molecule has 2 aromatic carbocycles. The molecule has 1 N–H and O–H groups in total. The van der Waals surface area contributed by atoms with Gasteiger partial charge in [0.2, 0.25) is 5.91 Å². The van der Waals surface area contributed by atoms with Crippen LogP contribution in [0.2, 0.25) is 0 Å². The Balaban J connectivity index is 1.43. The maximum atomic E-state index is 13.6. The van der Waals surface area contributed by atoms with Crippen LogP contribution in [0.1, 0.15) is 23.7 Å². The average molecular weight is 356 g/mol. The molecule has 2 aromatic rings. The van der Waals surface area contributed by atoms with Crippen molar-refractivity contribution < 1.29 is 14.3 Å². The van der Waals surface area contributed by atoms with E-state index >= 15 is 0 Å². The second kappa shape index (κ2) is 8.92. The van der Waals surface area contributed by atoms with Crippen LogP contribution in [-0.4, -0.2) is 53.5 Å². The van der Waals surface area contributed by atoms with E-state index in [1.807, 2.05) is 35.2 Å². The monoisotopic (exact) mass is 356 g/mol. The summed E-state index contributed by atoms with van der Waals surface area (Å²) in [7, 11) is 0. The number of nitrogens with zero attached hydrogens (tertiary/aromatic N) is 2. The molecular formula is C21H25FN2O2. The number of halogens is 1. The van der Waals surface area contributed by atoms with E-state index in [4.69, 9.17) is 0 Å². The first-order valence-corrected chi connectivity index (χ1v) is 9.10. The van der Waals surface area contributed by atoms with Crippen molar-refractivity contribution in [3.63, 3.8) is 0 Å². The number of hydrogen-bond donors (Lipinski definition) is 1. The highest BCUT2D eigenvalue weighted by Gasteiger charge is 2.22. The molecular weight excluding hydrogens is 331 g/mol. The number of benzene rings is 2. The predicted octanol–water partition coefficient (Wildman–Crippen LogP) is 2.64. The molecule has 138 valence electrons. The summed E-state index contributed by atoms with van der Waals surface area (Å²) >= 11 is 0. The summed E-state index contributed by atoms with van der Waals surface area (Å²) in [5.74, 6) is -0.184. The molecule has 1 unspecified atom stereocenters. The van der Waals surface area contributed by atoms with Gasteiger partial charge >= 0.3 is 0 Å². The zero-order valence-corrected chi connectivity index (χ0v) is 14.9. The van der Waals surface area contributed by atoms with E-state index in [0.29, 0.717) is 38.0 Å². The summed E-state index contributed by atoms with van der Waals surface area (Å²) in [5, 5.41) is 10.3. The van der Waals surface area contributed by atoms with Crippen LogP contribution >= 0.6 is 0 Å². The number of aliphatic hydroxyl groups excluding tert-OH is 1. The third-order valence-corrected chi connectivity index (χ3v) is 4.91. The molecule has 0 bridgehead atoms. The molecule has 1 aliphatic rings. The van der Waals surface area contributed by atoms with Crippen LogP contribution < -0.4 is 0 Å². The van der Waals surface area contributed by atoms with E-state index in [2.05, 4.69) is 4.90 Å². The van der Waals surface area contributed by atoms with Crippen molar-refractivity contribution in [2.45, 2.75) is 18.9 Å². The van der Waals surface area contributed by atoms with Gasteiger partial charge in [-0.3, -0.25) is 9.69 Å². The summed E-state index contributed by atoms with van der Waals surface area (Å²) in [4.78, 5) is 16.4. The van der Waals surface area contributed by atoms with Crippen LogP contribution in [0.4, 0.5) is 4.39 Å². The molecule has 0 saturated carbocycles. The number of aliphatic hydroxyl groups is 1. The molecule has 5 heteroatoms. The number of carbonyl (C=O) groups excluding carboxylic acids is 1. The van der Waals surface area contributed by atoms with Crippen LogP contribution in [0.25, 0.3) is 0 Å². The standard InChI is InChI=1S/C21H25FN2O2/c22-19-9-5-4-6-17(19)10-11-21(26)24-14-12-23(13-15-24)16-20(25)18-7-2-1-3-8-18/h1-9,20,25H,10-16H2. The van der Waals surface area contributed by atoms with Crippen molar-refractivity contribution in [3.8, 4) is 0 Å². The molecule has 0 radical (unpaired) electrons. The van der Waals surface area contributed by atoms with Crippen LogP contribution in [0, 0.1) is 5.82 Å². The Morgan fingerprint density at radius 1 is 1.00 bits per heavy atom. The van der Waals surface area contributed by atoms with Crippen LogP contribution in [0.5, 0.6) is 0 Å². The molecule has 1 saturated heterocycles. The molecule has 0 spiro atoms. The van der Waals surface area contributed by atoms with Crippen LogP contribution in [0.3, 0.4) is 0 Å². The van der Waals surface area contributed by atoms with Crippen LogP contribution in [-0.2, 0) is 11.2 Å². The molecule has 3 rings (SSSR count). The second-order valence-electron chi connectivity index (χ2n) is 6.70. The Morgan fingerprint density at radius 3 is 2.35 bits per heavy atom. The number of β-amino-alcohol motifs (C(OH)–C–C–N with tert-alkyl or cyclic N) is 1. The van der Waals surface area contributed by atoms with Crippen molar-refractivity contribution in [2.24, 2.45) is 0 Å². The summed E-state index contributed by atoms with van der Waals surface area (Å²) in [5.41, 5.74) is 1.50. The van der Waals surface area contributed by atoms with E-state index in [1.54, 1.807) is 18.2 Å². The SMILES string of the molecule is O=C(CCc1ccccc1F)N1CCN(CC(O)c2ccccc2)CC1. The first-order chi connectivity index (χ1) is 12.6. The molecule has 4 nitrogen and oxygen atoms in total. The molecule has 0 aliphatic carbocycles. The van der Waals surface area contributed by atoms with Crippen molar-refractivity contribution in [1.29, 1.82) is 0 Å². The summed E-state index contributed by atoms with van der Waals surface area (Å²) < 4.78 is 13.6. The van der Waals surface area contributed by atoms with Gasteiger partial charge in [-0.15, -0.1) is 0 Å². The predicted molar refractivity (Wildman–Crippen MR) is 99.1 cm³/mol. The fourth-order valence-corrected chi connectivity index (χ4v) is 3.31.